The number of nitrogens with one attached hydrogen (secondary N) is 1. The van der Waals surface area contributed by atoms with Gasteiger partial charge in [0.1, 0.15) is 5.75 Å². The third kappa shape index (κ3) is 5.24. The first-order valence-corrected chi connectivity index (χ1v) is 8.96. The number of piperazine rings is 1. The van der Waals surface area contributed by atoms with Crippen LogP contribution in [-0.2, 0) is 0 Å². The Morgan fingerprint density at radius 1 is 1.04 bits per heavy atom. The molecule has 1 fully saturated rings. The van der Waals surface area contributed by atoms with Crippen LogP contribution in [0.5, 0.6) is 5.75 Å². The first kappa shape index (κ1) is 22.0. The van der Waals surface area contributed by atoms with E-state index in [0.717, 1.165) is 38.2 Å². The van der Waals surface area contributed by atoms with Gasteiger partial charge in [-0.2, -0.15) is 0 Å². The maximum absolute atomic E-state index is 10.6. The largest absolute Gasteiger partial charge is 0.508 e. The van der Waals surface area contributed by atoms with Crippen molar-refractivity contribution in [3.63, 3.8) is 0 Å². The van der Waals surface area contributed by atoms with Crippen molar-refractivity contribution in [2.75, 3.05) is 26.2 Å². The highest BCUT2D eigenvalue weighted by molar-refractivity contribution is 5.88. The van der Waals surface area contributed by atoms with Gasteiger partial charge in [-0.05, 0) is 23.3 Å². The molecule has 1 saturated heterocycles. The van der Waals surface area contributed by atoms with Gasteiger partial charge in [0.05, 0.1) is 0 Å². The molecule has 2 aromatic rings. The Balaban J connectivity index is 0.00000156. The average molecular weight is 385 g/mol. The smallest absolute Gasteiger partial charge is 0.121 e. The normalized spacial score (nSPS) is 16.0. The fourth-order valence-corrected chi connectivity index (χ4v) is 3.73. The maximum Gasteiger partial charge on any atom is 0.121 e. The SMILES string of the molecule is CCCCC[C@H](c1c(O)ccc2ccccc12)N1CCNCC1.Cl.Cl. The molecule has 3 nitrogen and oxygen atoms in total. The zero-order chi connectivity index (χ0) is 16.1. The van der Waals surface area contributed by atoms with Crippen LogP contribution in [0.1, 0.15) is 44.2 Å². The van der Waals surface area contributed by atoms with E-state index in [1.165, 1.54) is 30.0 Å². The lowest BCUT2D eigenvalue weighted by Gasteiger charge is -2.36. The van der Waals surface area contributed by atoms with Gasteiger partial charge < -0.3 is 10.4 Å². The molecule has 140 valence electrons. The Labute approximate surface area is 163 Å². The van der Waals surface area contributed by atoms with E-state index >= 15 is 0 Å². The fourth-order valence-electron chi connectivity index (χ4n) is 3.73. The van der Waals surface area contributed by atoms with E-state index in [-0.39, 0.29) is 24.8 Å². The molecule has 1 aliphatic heterocycles. The fraction of sp³-hybridized carbons (Fsp3) is 0.500. The number of nitrogens with zero attached hydrogens (tertiary/aromatic N) is 1. The first-order chi connectivity index (χ1) is 11.3. The van der Waals surface area contributed by atoms with Crippen LogP contribution in [-0.4, -0.2) is 36.2 Å². The summed E-state index contributed by atoms with van der Waals surface area (Å²) in [6, 6.07) is 12.6. The zero-order valence-electron chi connectivity index (χ0n) is 14.9. The van der Waals surface area contributed by atoms with Gasteiger partial charge in [-0.15, -0.1) is 24.8 Å². The summed E-state index contributed by atoms with van der Waals surface area (Å²) in [6.07, 6.45) is 4.83. The molecule has 0 bridgehead atoms. The number of phenols is 1. The van der Waals surface area contributed by atoms with Gasteiger partial charge in [0, 0.05) is 37.8 Å². The molecule has 1 aliphatic rings. The number of halogens is 2. The number of phenolic OH excluding ortho intramolecular Hbond substituents is 1. The molecule has 0 amide bonds. The van der Waals surface area contributed by atoms with Crippen molar-refractivity contribution in [1.82, 2.24) is 10.2 Å². The predicted octanol–water partition coefficient (Wildman–Crippen LogP) is 4.92. The number of unbranched alkanes of at least 4 members (excludes halogenated alkanes) is 2. The highest BCUT2D eigenvalue weighted by Crippen LogP contribution is 2.38. The van der Waals surface area contributed by atoms with Crippen LogP contribution in [0.4, 0.5) is 0 Å². The summed E-state index contributed by atoms with van der Waals surface area (Å²) in [5, 5.41) is 16.5. The Kier molecular flexibility index (Phi) is 9.58. The summed E-state index contributed by atoms with van der Waals surface area (Å²) in [6.45, 7) is 6.43. The van der Waals surface area contributed by atoms with Gasteiger partial charge in [0.2, 0.25) is 0 Å². The molecule has 0 aliphatic carbocycles. The van der Waals surface area contributed by atoms with Crippen LogP contribution < -0.4 is 5.32 Å². The van der Waals surface area contributed by atoms with E-state index in [1.807, 2.05) is 12.1 Å². The highest BCUT2D eigenvalue weighted by Gasteiger charge is 2.25. The van der Waals surface area contributed by atoms with Gasteiger partial charge in [-0.25, -0.2) is 0 Å². The molecule has 5 heteroatoms. The van der Waals surface area contributed by atoms with Crippen molar-refractivity contribution in [2.45, 2.75) is 38.6 Å². The minimum Gasteiger partial charge on any atom is -0.508 e. The Morgan fingerprint density at radius 2 is 1.76 bits per heavy atom. The van der Waals surface area contributed by atoms with E-state index in [2.05, 4.69) is 41.4 Å². The van der Waals surface area contributed by atoms with Crippen molar-refractivity contribution in [1.29, 1.82) is 0 Å². The van der Waals surface area contributed by atoms with Crippen LogP contribution in [0.15, 0.2) is 36.4 Å². The van der Waals surface area contributed by atoms with E-state index in [9.17, 15) is 5.11 Å². The van der Waals surface area contributed by atoms with Crippen LogP contribution >= 0.6 is 24.8 Å². The number of hydrogen-bond donors (Lipinski definition) is 2. The minimum absolute atomic E-state index is 0. The van der Waals surface area contributed by atoms with Gasteiger partial charge in [0.25, 0.3) is 0 Å². The molecule has 0 aromatic heterocycles. The van der Waals surface area contributed by atoms with E-state index < -0.39 is 0 Å². The van der Waals surface area contributed by atoms with Crippen LogP contribution in [0.25, 0.3) is 10.8 Å². The topological polar surface area (TPSA) is 35.5 Å². The molecular weight excluding hydrogens is 355 g/mol. The lowest BCUT2D eigenvalue weighted by molar-refractivity contribution is 0.161. The standard InChI is InChI=1S/C20H28N2O.2ClH/c1-2-3-4-9-18(22-14-12-21-13-15-22)20-17-8-6-5-7-16(17)10-11-19(20)23;;/h5-8,10-11,18,21,23H,2-4,9,12-15H2,1H3;2*1H/t18-;;/m1../s1. The second-order valence-electron chi connectivity index (χ2n) is 6.52. The van der Waals surface area contributed by atoms with E-state index in [0.29, 0.717) is 11.8 Å². The summed E-state index contributed by atoms with van der Waals surface area (Å²) in [4.78, 5) is 2.55. The number of rotatable bonds is 6. The van der Waals surface area contributed by atoms with Gasteiger partial charge >= 0.3 is 0 Å². The molecule has 3 rings (SSSR count). The first-order valence-electron chi connectivity index (χ1n) is 8.96. The van der Waals surface area contributed by atoms with Crippen LogP contribution in [0, 0.1) is 0 Å². The Hall–Kier alpha value is -1.00. The average Bonchev–Trinajstić information content (AvgIpc) is 2.60. The molecule has 2 aromatic carbocycles. The van der Waals surface area contributed by atoms with E-state index in [4.69, 9.17) is 0 Å². The summed E-state index contributed by atoms with van der Waals surface area (Å²) in [5.41, 5.74) is 1.13. The lowest BCUT2D eigenvalue weighted by atomic mass is 9.92. The summed E-state index contributed by atoms with van der Waals surface area (Å²) >= 11 is 0. The number of fused-ring (bicyclic) bond motifs is 1. The number of hydrogen-bond acceptors (Lipinski definition) is 3. The summed E-state index contributed by atoms with van der Waals surface area (Å²) in [7, 11) is 0. The quantitative estimate of drug-likeness (QED) is 0.693. The summed E-state index contributed by atoms with van der Waals surface area (Å²) in [5.74, 6) is 0.448. The molecule has 0 spiro atoms. The number of aromatic hydroxyl groups is 1. The predicted molar refractivity (Wildman–Crippen MR) is 111 cm³/mol. The molecular formula is C20H30Cl2N2O. The van der Waals surface area contributed by atoms with Gasteiger partial charge in [0.15, 0.2) is 0 Å². The van der Waals surface area contributed by atoms with Crippen molar-refractivity contribution in [3.05, 3.63) is 42.0 Å². The molecule has 0 saturated carbocycles. The second-order valence-corrected chi connectivity index (χ2v) is 6.52. The van der Waals surface area contributed by atoms with Crippen molar-refractivity contribution >= 4 is 35.6 Å². The monoisotopic (exact) mass is 384 g/mol. The highest BCUT2D eigenvalue weighted by atomic mass is 35.5. The number of benzene rings is 2. The molecule has 25 heavy (non-hydrogen) atoms. The van der Waals surface area contributed by atoms with Crippen molar-refractivity contribution in [2.24, 2.45) is 0 Å². The molecule has 0 unspecified atom stereocenters. The van der Waals surface area contributed by atoms with Crippen molar-refractivity contribution in [3.8, 4) is 5.75 Å². The van der Waals surface area contributed by atoms with Crippen molar-refractivity contribution < 1.29 is 5.11 Å². The third-order valence-corrected chi connectivity index (χ3v) is 4.95. The zero-order valence-corrected chi connectivity index (χ0v) is 16.5. The summed E-state index contributed by atoms with van der Waals surface area (Å²) < 4.78 is 0. The molecule has 1 heterocycles. The van der Waals surface area contributed by atoms with E-state index in [1.54, 1.807) is 0 Å². The van der Waals surface area contributed by atoms with Gasteiger partial charge in [-0.3, -0.25) is 4.90 Å². The lowest BCUT2D eigenvalue weighted by Crippen LogP contribution is -2.45. The minimum atomic E-state index is 0. The van der Waals surface area contributed by atoms with Crippen LogP contribution in [0.3, 0.4) is 0 Å². The second kappa shape index (κ2) is 10.9. The van der Waals surface area contributed by atoms with Gasteiger partial charge in [-0.1, -0.05) is 56.5 Å². The Bertz CT molecular complexity index is 645. The molecule has 0 radical (unpaired) electrons. The van der Waals surface area contributed by atoms with Crippen LogP contribution in [0.2, 0.25) is 0 Å². The molecule has 2 N–H and O–H groups in total. The third-order valence-electron chi connectivity index (χ3n) is 4.95. The Morgan fingerprint density at radius 3 is 2.48 bits per heavy atom. The molecule has 1 atom stereocenters. The maximum atomic E-state index is 10.6.